The molecule has 0 bridgehead atoms. The molecule has 0 spiro atoms. The van der Waals surface area contributed by atoms with Gasteiger partial charge in [0.15, 0.2) is 9.84 Å². The lowest BCUT2D eigenvalue weighted by molar-refractivity contribution is -0.00279. The van der Waals surface area contributed by atoms with Gasteiger partial charge in [0.1, 0.15) is 0 Å². The van der Waals surface area contributed by atoms with Gasteiger partial charge in [-0.1, -0.05) is 13.0 Å². The Morgan fingerprint density at radius 3 is 2.71 bits per heavy atom. The Morgan fingerprint density at radius 2 is 2.00 bits per heavy atom. The number of carbonyl (C=O) groups excluding carboxylic acids is 1. The van der Waals surface area contributed by atoms with Gasteiger partial charge < -0.3 is 14.5 Å². The van der Waals surface area contributed by atoms with Crippen molar-refractivity contribution in [2.75, 3.05) is 49.3 Å². The maximum atomic E-state index is 12.9. The smallest absolute Gasteiger partial charge is 0.254 e. The molecule has 0 saturated carbocycles. The average molecular weight is 352 g/mol. The molecule has 1 aromatic rings. The highest BCUT2D eigenvalue weighted by atomic mass is 32.2. The number of hydrogen-bond acceptors (Lipinski definition) is 5. The normalized spacial score (nSPS) is 24.0. The number of hydrogen-bond donors (Lipinski definition) is 0. The highest BCUT2D eigenvalue weighted by Gasteiger charge is 2.27. The molecule has 0 radical (unpaired) electrons. The largest absolute Gasteiger partial charge is 0.377 e. The van der Waals surface area contributed by atoms with Crippen LogP contribution >= 0.6 is 0 Å². The molecule has 7 heteroatoms. The van der Waals surface area contributed by atoms with Crippen LogP contribution in [-0.2, 0) is 14.6 Å². The molecule has 24 heavy (non-hydrogen) atoms. The van der Waals surface area contributed by atoms with Gasteiger partial charge in [0.25, 0.3) is 5.91 Å². The molecule has 2 heterocycles. The lowest BCUT2D eigenvalue weighted by Gasteiger charge is -2.35. The van der Waals surface area contributed by atoms with E-state index in [1.165, 1.54) is 0 Å². The molecule has 3 rings (SSSR count). The van der Waals surface area contributed by atoms with E-state index in [-0.39, 0.29) is 23.5 Å². The average Bonchev–Trinajstić information content (AvgIpc) is 2.61. The minimum Gasteiger partial charge on any atom is -0.377 e. The number of sulfone groups is 1. The zero-order chi connectivity index (χ0) is 17.2. The first-order chi connectivity index (χ1) is 11.5. The Hall–Kier alpha value is -1.60. The quantitative estimate of drug-likeness (QED) is 0.817. The van der Waals surface area contributed by atoms with Crippen LogP contribution in [0.2, 0.25) is 0 Å². The van der Waals surface area contributed by atoms with Gasteiger partial charge in [0.2, 0.25) is 0 Å². The Balaban J connectivity index is 1.76. The van der Waals surface area contributed by atoms with Gasteiger partial charge in [-0.2, -0.15) is 0 Å². The minimum absolute atomic E-state index is 0.0247. The van der Waals surface area contributed by atoms with E-state index in [0.29, 0.717) is 38.4 Å². The molecule has 0 aliphatic carbocycles. The molecule has 2 saturated heterocycles. The van der Waals surface area contributed by atoms with Crippen molar-refractivity contribution in [1.82, 2.24) is 4.90 Å². The molecule has 2 fully saturated rings. The van der Waals surface area contributed by atoms with Crippen LogP contribution in [0.25, 0.3) is 0 Å². The number of carbonyl (C=O) groups is 1. The third kappa shape index (κ3) is 3.72. The molecule has 0 unspecified atom stereocenters. The predicted molar refractivity (Wildman–Crippen MR) is 93.2 cm³/mol. The van der Waals surface area contributed by atoms with E-state index in [0.717, 1.165) is 12.1 Å². The summed E-state index contributed by atoms with van der Waals surface area (Å²) in [4.78, 5) is 16.8. The molecule has 0 aromatic heterocycles. The number of benzene rings is 1. The second-order valence-corrected chi connectivity index (χ2v) is 8.63. The standard InChI is InChI=1S/C17H24N2O4S/c1-2-15-13-23-9-6-19(15)17(20)14-4-3-5-16(12-14)18-7-10-24(21,22)11-8-18/h3-5,12,15H,2,6-11,13H2,1H3/t15-/m0/s1. The fourth-order valence-corrected chi connectivity index (χ4v) is 4.43. The van der Waals surface area contributed by atoms with Gasteiger partial charge in [-0.3, -0.25) is 4.79 Å². The number of nitrogens with zero attached hydrogens (tertiary/aromatic N) is 2. The molecular weight excluding hydrogens is 328 g/mol. The molecule has 6 nitrogen and oxygen atoms in total. The van der Waals surface area contributed by atoms with Crippen molar-refractivity contribution in [3.8, 4) is 0 Å². The Morgan fingerprint density at radius 1 is 1.25 bits per heavy atom. The maximum Gasteiger partial charge on any atom is 0.254 e. The molecule has 1 amide bonds. The lowest BCUT2D eigenvalue weighted by Crippen LogP contribution is -2.48. The van der Waals surface area contributed by atoms with E-state index in [2.05, 4.69) is 6.92 Å². The van der Waals surface area contributed by atoms with Crippen molar-refractivity contribution < 1.29 is 17.9 Å². The van der Waals surface area contributed by atoms with E-state index < -0.39 is 9.84 Å². The maximum absolute atomic E-state index is 12.9. The fourth-order valence-electron chi connectivity index (χ4n) is 3.23. The second kappa shape index (κ2) is 7.11. The van der Waals surface area contributed by atoms with E-state index in [1.807, 2.05) is 34.1 Å². The van der Waals surface area contributed by atoms with E-state index in [4.69, 9.17) is 4.74 Å². The van der Waals surface area contributed by atoms with Gasteiger partial charge in [-0.05, 0) is 24.6 Å². The van der Waals surface area contributed by atoms with Crippen LogP contribution < -0.4 is 4.90 Å². The summed E-state index contributed by atoms with van der Waals surface area (Å²) in [5.41, 5.74) is 1.57. The minimum atomic E-state index is -2.91. The van der Waals surface area contributed by atoms with E-state index in [9.17, 15) is 13.2 Å². The van der Waals surface area contributed by atoms with Crippen LogP contribution in [-0.4, -0.2) is 69.6 Å². The van der Waals surface area contributed by atoms with Crippen LogP contribution in [0.4, 0.5) is 5.69 Å². The molecule has 2 aliphatic rings. The summed E-state index contributed by atoms with van der Waals surface area (Å²) >= 11 is 0. The number of anilines is 1. The van der Waals surface area contributed by atoms with Crippen molar-refractivity contribution in [2.24, 2.45) is 0 Å². The molecule has 2 aliphatic heterocycles. The van der Waals surface area contributed by atoms with Gasteiger partial charge in [-0.15, -0.1) is 0 Å². The molecule has 0 N–H and O–H groups in total. The number of rotatable bonds is 3. The number of amides is 1. The molecule has 132 valence electrons. The van der Waals surface area contributed by atoms with Crippen molar-refractivity contribution in [3.05, 3.63) is 29.8 Å². The van der Waals surface area contributed by atoms with Crippen LogP contribution in [0.1, 0.15) is 23.7 Å². The second-order valence-electron chi connectivity index (χ2n) is 6.32. The number of morpholine rings is 1. The summed E-state index contributed by atoms with van der Waals surface area (Å²) in [5, 5.41) is 0. The van der Waals surface area contributed by atoms with Gasteiger partial charge in [0, 0.05) is 30.9 Å². The Kier molecular flexibility index (Phi) is 5.10. The summed E-state index contributed by atoms with van der Waals surface area (Å²) in [7, 11) is -2.91. The van der Waals surface area contributed by atoms with Crippen molar-refractivity contribution in [3.63, 3.8) is 0 Å². The van der Waals surface area contributed by atoms with E-state index in [1.54, 1.807) is 0 Å². The van der Waals surface area contributed by atoms with Crippen LogP contribution in [0, 0.1) is 0 Å². The zero-order valence-electron chi connectivity index (χ0n) is 14.0. The Labute approximate surface area is 143 Å². The predicted octanol–water partition coefficient (Wildman–Crippen LogP) is 1.17. The zero-order valence-corrected chi connectivity index (χ0v) is 14.8. The third-order valence-corrected chi connectivity index (χ3v) is 6.37. The van der Waals surface area contributed by atoms with Gasteiger partial charge >= 0.3 is 0 Å². The fraction of sp³-hybridized carbons (Fsp3) is 0.588. The van der Waals surface area contributed by atoms with Crippen LogP contribution in [0.15, 0.2) is 24.3 Å². The van der Waals surface area contributed by atoms with Crippen LogP contribution in [0.5, 0.6) is 0 Å². The van der Waals surface area contributed by atoms with Gasteiger partial charge in [-0.25, -0.2) is 8.42 Å². The summed E-state index contributed by atoms with van der Waals surface area (Å²) in [6.45, 7) is 4.80. The summed E-state index contributed by atoms with van der Waals surface area (Å²) in [6, 6.07) is 7.63. The molecule has 1 atom stereocenters. The SMILES string of the molecule is CC[C@H]1COCCN1C(=O)c1cccc(N2CCS(=O)(=O)CC2)c1. The van der Waals surface area contributed by atoms with Crippen LogP contribution in [0.3, 0.4) is 0 Å². The summed E-state index contributed by atoms with van der Waals surface area (Å²) in [5.74, 6) is 0.371. The first kappa shape index (κ1) is 17.2. The first-order valence-electron chi connectivity index (χ1n) is 8.44. The van der Waals surface area contributed by atoms with Crippen molar-refractivity contribution in [1.29, 1.82) is 0 Å². The molecule has 1 aromatic carbocycles. The summed E-state index contributed by atoms with van der Waals surface area (Å²) in [6.07, 6.45) is 0.870. The number of ether oxygens (including phenoxy) is 1. The third-order valence-electron chi connectivity index (χ3n) is 4.76. The van der Waals surface area contributed by atoms with E-state index >= 15 is 0 Å². The topological polar surface area (TPSA) is 66.9 Å². The first-order valence-corrected chi connectivity index (χ1v) is 10.3. The Bertz CT molecular complexity index is 690. The highest BCUT2D eigenvalue weighted by Crippen LogP contribution is 2.21. The van der Waals surface area contributed by atoms with Gasteiger partial charge in [0.05, 0.1) is 30.8 Å². The lowest BCUT2D eigenvalue weighted by atomic mass is 10.1. The van der Waals surface area contributed by atoms with Crippen molar-refractivity contribution >= 4 is 21.4 Å². The summed E-state index contributed by atoms with van der Waals surface area (Å²) < 4.78 is 28.6. The monoisotopic (exact) mass is 352 g/mol. The van der Waals surface area contributed by atoms with Crippen molar-refractivity contribution in [2.45, 2.75) is 19.4 Å². The molecular formula is C17H24N2O4S. The highest BCUT2D eigenvalue weighted by molar-refractivity contribution is 7.91.